The number of rotatable bonds is 12. The lowest BCUT2D eigenvalue weighted by atomic mass is 10.3. The van der Waals surface area contributed by atoms with Crippen LogP contribution >= 0.6 is 11.6 Å². The molecular weight excluding hydrogens is 434 g/mol. The number of methoxy groups -OCH3 is 1. The minimum absolute atomic E-state index is 0.154. The molecule has 0 atom stereocenters. The van der Waals surface area contributed by atoms with E-state index >= 15 is 0 Å². The molecule has 8 nitrogen and oxygen atoms in total. The van der Waals surface area contributed by atoms with Gasteiger partial charge in [-0.05, 0) is 55.0 Å². The highest BCUT2D eigenvalue weighted by Gasteiger charge is 2.18. The first-order valence-electron chi connectivity index (χ1n) is 10.3. The molecule has 9 heteroatoms. The van der Waals surface area contributed by atoms with E-state index in [1.165, 1.54) is 4.90 Å². The topological polar surface area (TPSA) is 97.0 Å². The molecule has 0 saturated carbocycles. The number of carbonyl (C=O) groups excluding carboxylic acids is 3. The molecular formula is C23H28ClN3O5. The summed E-state index contributed by atoms with van der Waals surface area (Å²) in [4.78, 5) is 38.4. The lowest BCUT2D eigenvalue weighted by Gasteiger charge is -2.22. The van der Waals surface area contributed by atoms with Crippen molar-refractivity contribution in [3.8, 4) is 11.5 Å². The van der Waals surface area contributed by atoms with Crippen molar-refractivity contribution in [1.82, 2.24) is 10.2 Å². The van der Waals surface area contributed by atoms with E-state index in [0.717, 1.165) is 12.8 Å². The summed E-state index contributed by atoms with van der Waals surface area (Å²) in [5.74, 6) is 0.0733. The number of amides is 3. The van der Waals surface area contributed by atoms with Crippen LogP contribution in [0.4, 0.5) is 5.69 Å². The third kappa shape index (κ3) is 8.85. The minimum atomic E-state index is -0.425. The van der Waals surface area contributed by atoms with Crippen LogP contribution in [0.5, 0.6) is 11.5 Å². The first kappa shape index (κ1) is 25.0. The van der Waals surface area contributed by atoms with E-state index in [2.05, 4.69) is 10.6 Å². The van der Waals surface area contributed by atoms with Gasteiger partial charge in [0.15, 0.2) is 6.61 Å². The zero-order valence-corrected chi connectivity index (χ0v) is 19.0. The summed E-state index contributed by atoms with van der Waals surface area (Å²) in [6.45, 7) is 1.86. The number of anilines is 1. The van der Waals surface area contributed by atoms with E-state index in [4.69, 9.17) is 21.1 Å². The fourth-order valence-corrected chi connectivity index (χ4v) is 2.82. The smallest absolute Gasteiger partial charge is 0.260 e. The van der Waals surface area contributed by atoms with Crippen LogP contribution in [-0.4, -0.2) is 56.0 Å². The Kier molecular flexibility index (Phi) is 10.3. The molecule has 0 aliphatic heterocycles. The van der Waals surface area contributed by atoms with Crippen LogP contribution in [-0.2, 0) is 14.4 Å². The van der Waals surface area contributed by atoms with Crippen molar-refractivity contribution in [3.05, 3.63) is 53.6 Å². The van der Waals surface area contributed by atoms with E-state index in [-0.39, 0.29) is 31.5 Å². The van der Waals surface area contributed by atoms with Crippen LogP contribution in [0.3, 0.4) is 0 Å². The first-order chi connectivity index (χ1) is 15.4. The van der Waals surface area contributed by atoms with Gasteiger partial charge in [0.2, 0.25) is 11.8 Å². The van der Waals surface area contributed by atoms with Gasteiger partial charge in [0, 0.05) is 17.3 Å². The zero-order chi connectivity index (χ0) is 23.3. The lowest BCUT2D eigenvalue weighted by molar-refractivity contribution is -0.137. The minimum Gasteiger partial charge on any atom is -0.497 e. The number of hydrogen-bond acceptors (Lipinski definition) is 5. The summed E-state index contributed by atoms with van der Waals surface area (Å²) >= 11 is 5.84. The van der Waals surface area contributed by atoms with E-state index in [9.17, 15) is 14.4 Å². The number of hydrogen-bond donors (Lipinski definition) is 2. The maximum atomic E-state index is 12.6. The van der Waals surface area contributed by atoms with Crippen LogP contribution in [0.2, 0.25) is 5.02 Å². The third-order valence-electron chi connectivity index (χ3n) is 4.46. The van der Waals surface area contributed by atoms with Crippen molar-refractivity contribution >= 4 is 35.0 Å². The molecule has 0 aliphatic rings. The molecule has 2 N–H and O–H groups in total. The molecule has 0 unspecified atom stereocenters. The van der Waals surface area contributed by atoms with E-state index in [0.29, 0.717) is 28.8 Å². The molecule has 172 valence electrons. The summed E-state index contributed by atoms with van der Waals surface area (Å²) in [5.41, 5.74) is 0.587. The Hall–Kier alpha value is -3.26. The number of ether oxygens (including phenoxy) is 2. The van der Waals surface area contributed by atoms with Gasteiger partial charge in [-0.25, -0.2) is 0 Å². The number of carbonyl (C=O) groups is 3. The van der Waals surface area contributed by atoms with Gasteiger partial charge in [0.1, 0.15) is 11.5 Å². The number of nitrogens with zero attached hydrogens (tertiary/aromatic N) is 1. The first-order valence-corrected chi connectivity index (χ1v) is 10.7. The summed E-state index contributed by atoms with van der Waals surface area (Å²) in [5, 5.41) is 5.79. The molecule has 0 spiro atoms. The molecule has 0 bridgehead atoms. The lowest BCUT2D eigenvalue weighted by Crippen LogP contribution is -2.44. The Morgan fingerprint density at radius 2 is 1.62 bits per heavy atom. The van der Waals surface area contributed by atoms with Crippen molar-refractivity contribution in [2.24, 2.45) is 0 Å². The van der Waals surface area contributed by atoms with Gasteiger partial charge in [-0.1, -0.05) is 24.9 Å². The maximum absolute atomic E-state index is 12.6. The monoisotopic (exact) mass is 461 g/mol. The average Bonchev–Trinajstić information content (AvgIpc) is 2.80. The molecule has 0 aliphatic carbocycles. The van der Waals surface area contributed by atoms with Crippen molar-refractivity contribution in [2.45, 2.75) is 19.8 Å². The molecule has 0 aromatic heterocycles. The van der Waals surface area contributed by atoms with E-state index in [1.54, 1.807) is 55.6 Å². The maximum Gasteiger partial charge on any atom is 0.260 e. The molecule has 0 heterocycles. The molecule has 2 aromatic carbocycles. The van der Waals surface area contributed by atoms with Gasteiger partial charge in [-0.3, -0.25) is 14.4 Å². The number of nitrogens with one attached hydrogen (secondary N) is 2. The van der Waals surface area contributed by atoms with E-state index in [1.807, 2.05) is 6.92 Å². The van der Waals surface area contributed by atoms with Gasteiger partial charge in [-0.2, -0.15) is 0 Å². The van der Waals surface area contributed by atoms with Crippen LogP contribution in [0, 0.1) is 0 Å². The number of unbranched alkanes of at least 4 members (excludes halogenated alkanes) is 1. The second kappa shape index (κ2) is 13.2. The van der Waals surface area contributed by atoms with Crippen LogP contribution in [0.25, 0.3) is 0 Å². The predicted molar refractivity (Wildman–Crippen MR) is 123 cm³/mol. The highest BCUT2D eigenvalue weighted by molar-refractivity contribution is 6.30. The van der Waals surface area contributed by atoms with Gasteiger partial charge >= 0.3 is 0 Å². The van der Waals surface area contributed by atoms with Crippen molar-refractivity contribution < 1.29 is 23.9 Å². The van der Waals surface area contributed by atoms with E-state index < -0.39 is 5.91 Å². The Labute approximate surface area is 192 Å². The second-order valence-corrected chi connectivity index (χ2v) is 7.40. The fraction of sp³-hybridized carbons (Fsp3) is 0.348. The molecule has 0 radical (unpaired) electrons. The van der Waals surface area contributed by atoms with Gasteiger partial charge < -0.3 is 25.0 Å². The molecule has 3 amide bonds. The highest BCUT2D eigenvalue weighted by Crippen LogP contribution is 2.16. The van der Waals surface area contributed by atoms with Crippen molar-refractivity contribution in [1.29, 1.82) is 0 Å². The summed E-state index contributed by atoms with van der Waals surface area (Å²) < 4.78 is 10.6. The predicted octanol–water partition coefficient (Wildman–Crippen LogP) is 3.11. The molecule has 2 rings (SSSR count). The zero-order valence-electron chi connectivity index (χ0n) is 18.2. The van der Waals surface area contributed by atoms with Crippen molar-refractivity contribution in [2.75, 3.05) is 38.7 Å². The van der Waals surface area contributed by atoms with Gasteiger partial charge in [0.05, 0.1) is 20.2 Å². The highest BCUT2D eigenvalue weighted by atomic mass is 35.5. The summed E-state index contributed by atoms with van der Waals surface area (Å²) in [7, 11) is 1.56. The van der Waals surface area contributed by atoms with Gasteiger partial charge in [-0.15, -0.1) is 0 Å². The Bertz CT molecular complexity index is 888. The Balaban J connectivity index is 1.81. The Morgan fingerprint density at radius 3 is 2.25 bits per heavy atom. The van der Waals surface area contributed by atoms with Crippen LogP contribution < -0.4 is 20.1 Å². The third-order valence-corrected chi connectivity index (χ3v) is 4.72. The molecule has 0 saturated heterocycles. The normalized spacial score (nSPS) is 10.2. The standard InChI is InChI=1S/C23H28ClN3O5/c1-3-4-13-27(23(30)16-32-20-9-5-17(24)6-10-20)15-22(29)25-14-21(28)26-18-7-11-19(31-2)12-8-18/h5-12H,3-4,13-16H2,1-2H3,(H,25,29)(H,26,28). The average molecular weight is 462 g/mol. The fourth-order valence-electron chi connectivity index (χ4n) is 2.70. The summed E-state index contributed by atoms with van der Waals surface area (Å²) in [6.07, 6.45) is 1.62. The molecule has 2 aromatic rings. The second-order valence-electron chi connectivity index (χ2n) is 6.96. The molecule has 0 fully saturated rings. The van der Waals surface area contributed by atoms with Gasteiger partial charge in [0.25, 0.3) is 5.91 Å². The molecule has 32 heavy (non-hydrogen) atoms. The quantitative estimate of drug-likeness (QED) is 0.506. The van der Waals surface area contributed by atoms with Crippen LogP contribution in [0.15, 0.2) is 48.5 Å². The number of benzene rings is 2. The number of halogens is 1. The van der Waals surface area contributed by atoms with Crippen molar-refractivity contribution in [3.63, 3.8) is 0 Å². The summed E-state index contributed by atoms with van der Waals surface area (Å²) in [6, 6.07) is 13.5. The largest absolute Gasteiger partial charge is 0.497 e. The van der Waals surface area contributed by atoms with Crippen LogP contribution in [0.1, 0.15) is 19.8 Å². The Morgan fingerprint density at radius 1 is 0.969 bits per heavy atom. The SMILES string of the molecule is CCCCN(CC(=O)NCC(=O)Nc1ccc(OC)cc1)C(=O)COc1ccc(Cl)cc1.